The average molecular weight is 185 g/mol. The molecule has 0 spiro atoms. The van der Waals surface area contributed by atoms with Crippen molar-refractivity contribution in [3.8, 4) is 0 Å². The highest BCUT2D eigenvalue weighted by Crippen LogP contribution is 2.36. The Morgan fingerprint density at radius 2 is 2.15 bits per heavy atom. The molecule has 0 saturated carbocycles. The number of hydrogen-bond donors (Lipinski definition) is 1. The first-order valence-electron chi connectivity index (χ1n) is 4.84. The molecule has 0 aromatic rings. The molecular formula is C10H19NO2. The number of amides is 1. The monoisotopic (exact) mass is 185 g/mol. The number of aliphatic hydroxyl groups is 1. The van der Waals surface area contributed by atoms with E-state index in [1.54, 1.807) is 0 Å². The molecule has 3 nitrogen and oxygen atoms in total. The van der Waals surface area contributed by atoms with Gasteiger partial charge in [0.05, 0.1) is 0 Å². The second kappa shape index (κ2) is 3.29. The van der Waals surface area contributed by atoms with Crippen molar-refractivity contribution in [1.82, 2.24) is 4.90 Å². The summed E-state index contributed by atoms with van der Waals surface area (Å²) in [5.74, 6) is 0.251. The van der Waals surface area contributed by atoms with Crippen molar-refractivity contribution >= 4 is 5.91 Å². The van der Waals surface area contributed by atoms with Crippen LogP contribution >= 0.6 is 0 Å². The fourth-order valence-electron chi connectivity index (χ4n) is 2.32. The largest absolute Gasteiger partial charge is 0.396 e. The van der Waals surface area contributed by atoms with E-state index >= 15 is 0 Å². The summed E-state index contributed by atoms with van der Waals surface area (Å²) in [5.41, 5.74) is -0.194. The predicted molar refractivity (Wildman–Crippen MR) is 51.3 cm³/mol. The highest BCUT2D eigenvalue weighted by atomic mass is 16.3. The average Bonchev–Trinajstić information content (AvgIpc) is 2.20. The second-order valence-corrected chi connectivity index (χ2v) is 4.59. The molecule has 0 aliphatic carbocycles. The molecule has 0 radical (unpaired) electrons. The van der Waals surface area contributed by atoms with Gasteiger partial charge >= 0.3 is 0 Å². The molecule has 1 unspecified atom stereocenters. The first-order valence-corrected chi connectivity index (χ1v) is 4.84. The Balaban J connectivity index is 2.91. The molecule has 1 N–H and O–H groups in total. The maximum absolute atomic E-state index is 11.6. The SMILES string of the molecule is CC(C)N1C(=O)CC(CO)C1(C)C. The van der Waals surface area contributed by atoms with Crippen LogP contribution in [0.25, 0.3) is 0 Å². The lowest BCUT2D eigenvalue weighted by molar-refractivity contribution is -0.132. The van der Waals surface area contributed by atoms with Crippen LogP contribution in [0.15, 0.2) is 0 Å². The van der Waals surface area contributed by atoms with Crippen LogP contribution < -0.4 is 0 Å². The minimum absolute atomic E-state index is 0.0856. The molecule has 1 aliphatic heterocycles. The summed E-state index contributed by atoms with van der Waals surface area (Å²) >= 11 is 0. The van der Waals surface area contributed by atoms with Crippen LogP contribution in [0.5, 0.6) is 0 Å². The topological polar surface area (TPSA) is 40.5 Å². The van der Waals surface area contributed by atoms with Gasteiger partial charge < -0.3 is 10.0 Å². The maximum atomic E-state index is 11.6. The minimum atomic E-state index is -0.194. The Morgan fingerprint density at radius 3 is 2.38 bits per heavy atom. The Labute approximate surface area is 79.7 Å². The smallest absolute Gasteiger partial charge is 0.223 e. The zero-order valence-electron chi connectivity index (χ0n) is 8.87. The summed E-state index contributed by atoms with van der Waals surface area (Å²) in [6.07, 6.45) is 0.488. The van der Waals surface area contributed by atoms with Crippen molar-refractivity contribution in [3.63, 3.8) is 0 Å². The molecule has 76 valence electrons. The molecule has 1 heterocycles. The number of carbonyl (C=O) groups excluding carboxylic acids is 1. The molecule has 1 atom stereocenters. The van der Waals surface area contributed by atoms with Gasteiger partial charge in [-0.15, -0.1) is 0 Å². The standard InChI is InChI=1S/C10H19NO2/c1-7(2)11-9(13)5-8(6-12)10(11,3)4/h7-8,12H,5-6H2,1-4H3. The third kappa shape index (κ3) is 1.57. The third-order valence-corrected chi connectivity index (χ3v) is 3.05. The van der Waals surface area contributed by atoms with Gasteiger partial charge in [-0.1, -0.05) is 0 Å². The van der Waals surface area contributed by atoms with E-state index in [1.165, 1.54) is 0 Å². The molecular weight excluding hydrogens is 166 g/mol. The van der Waals surface area contributed by atoms with E-state index in [9.17, 15) is 4.79 Å². The molecule has 0 aromatic carbocycles. The van der Waals surface area contributed by atoms with E-state index < -0.39 is 0 Å². The Hall–Kier alpha value is -0.570. The summed E-state index contributed by atoms with van der Waals surface area (Å²) in [6.45, 7) is 8.18. The van der Waals surface area contributed by atoms with Gasteiger partial charge in [0.25, 0.3) is 0 Å². The number of aliphatic hydroxyl groups excluding tert-OH is 1. The number of hydrogen-bond acceptors (Lipinski definition) is 2. The molecule has 3 heteroatoms. The van der Waals surface area contributed by atoms with E-state index in [2.05, 4.69) is 0 Å². The molecule has 1 amide bonds. The van der Waals surface area contributed by atoms with Gasteiger partial charge in [-0.05, 0) is 27.7 Å². The van der Waals surface area contributed by atoms with Crippen molar-refractivity contribution in [2.24, 2.45) is 5.92 Å². The summed E-state index contributed by atoms with van der Waals surface area (Å²) in [5, 5.41) is 9.14. The van der Waals surface area contributed by atoms with Crippen molar-refractivity contribution in [1.29, 1.82) is 0 Å². The van der Waals surface area contributed by atoms with Gasteiger partial charge in [-0.2, -0.15) is 0 Å². The first kappa shape index (κ1) is 10.5. The van der Waals surface area contributed by atoms with Gasteiger partial charge in [0, 0.05) is 30.5 Å². The van der Waals surface area contributed by atoms with E-state index in [0.717, 1.165) is 0 Å². The molecule has 0 bridgehead atoms. The normalized spacial score (nSPS) is 27.4. The van der Waals surface area contributed by atoms with Gasteiger partial charge in [0.15, 0.2) is 0 Å². The quantitative estimate of drug-likeness (QED) is 0.697. The predicted octanol–water partition coefficient (Wildman–Crippen LogP) is 1.01. The maximum Gasteiger partial charge on any atom is 0.223 e. The summed E-state index contributed by atoms with van der Waals surface area (Å²) < 4.78 is 0. The number of likely N-dealkylation sites (tertiary alicyclic amines) is 1. The van der Waals surface area contributed by atoms with E-state index in [0.29, 0.717) is 6.42 Å². The molecule has 0 aromatic heterocycles. The highest BCUT2D eigenvalue weighted by Gasteiger charge is 2.46. The number of rotatable bonds is 2. The van der Waals surface area contributed by atoms with E-state index in [1.807, 2.05) is 32.6 Å². The molecule has 13 heavy (non-hydrogen) atoms. The molecule has 1 rings (SSSR count). The zero-order valence-corrected chi connectivity index (χ0v) is 8.87. The zero-order chi connectivity index (χ0) is 10.2. The van der Waals surface area contributed by atoms with Gasteiger partial charge in [0.1, 0.15) is 0 Å². The van der Waals surface area contributed by atoms with E-state index in [4.69, 9.17) is 5.11 Å². The van der Waals surface area contributed by atoms with Crippen molar-refractivity contribution in [3.05, 3.63) is 0 Å². The van der Waals surface area contributed by atoms with Crippen LogP contribution in [0.1, 0.15) is 34.1 Å². The van der Waals surface area contributed by atoms with Gasteiger partial charge in [0.2, 0.25) is 5.91 Å². The molecule has 1 aliphatic rings. The van der Waals surface area contributed by atoms with Crippen LogP contribution in [0.2, 0.25) is 0 Å². The number of nitrogens with zero attached hydrogens (tertiary/aromatic N) is 1. The Bertz CT molecular complexity index is 211. The molecule has 1 fully saturated rings. The Kier molecular flexibility index (Phi) is 2.66. The van der Waals surface area contributed by atoms with Crippen molar-refractivity contribution in [2.75, 3.05) is 6.61 Å². The third-order valence-electron chi connectivity index (χ3n) is 3.05. The first-order chi connectivity index (χ1) is 5.91. The van der Waals surface area contributed by atoms with E-state index in [-0.39, 0.29) is 30.0 Å². The number of carbonyl (C=O) groups is 1. The fraction of sp³-hybridized carbons (Fsp3) is 0.900. The van der Waals surface area contributed by atoms with Gasteiger partial charge in [-0.25, -0.2) is 0 Å². The summed E-state index contributed by atoms with van der Waals surface area (Å²) in [4.78, 5) is 13.5. The molecule has 1 saturated heterocycles. The van der Waals surface area contributed by atoms with Crippen molar-refractivity contribution in [2.45, 2.75) is 45.7 Å². The fourth-order valence-corrected chi connectivity index (χ4v) is 2.32. The van der Waals surface area contributed by atoms with Crippen molar-refractivity contribution < 1.29 is 9.90 Å². The van der Waals surface area contributed by atoms with Crippen LogP contribution in [-0.4, -0.2) is 34.1 Å². The van der Waals surface area contributed by atoms with Crippen LogP contribution in [0.3, 0.4) is 0 Å². The van der Waals surface area contributed by atoms with Crippen LogP contribution in [-0.2, 0) is 4.79 Å². The lowest BCUT2D eigenvalue weighted by Crippen LogP contribution is -2.48. The Morgan fingerprint density at radius 1 is 1.62 bits per heavy atom. The lowest BCUT2D eigenvalue weighted by Gasteiger charge is -2.38. The lowest BCUT2D eigenvalue weighted by atomic mass is 9.89. The van der Waals surface area contributed by atoms with Crippen LogP contribution in [0.4, 0.5) is 0 Å². The summed E-state index contributed by atoms with van der Waals surface area (Å²) in [7, 11) is 0. The minimum Gasteiger partial charge on any atom is -0.396 e. The van der Waals surface area contributed by atoms with Gasteiger partial charge in [-0.3, -0.25) is 4.79 Å². The highest BCUT2D eigenvalue weighted by molar-refractivity contribution is 5.80. The second-order valence-electron chi connectivity index (χ2n) is 4.59. The summed E-state index contributed by atoms with van der Waals surface area (Å²) in [6, 6.07) is 0.221. The van der Waals surface area contributed by atoms with Crippen LogP contribution in [0, 0.1) is 5.92 Å².